The molecule has 0 fully saturated rings. The summed E-state index contributed by atoms with van der Waals surface area (Å²) >= 11 is 2.98. The van der Waals surface area contributed by atoms with Crippen LogP contribution >= 0.6 is 22.7 Å². The Balaban J connectivity index is 0.000000172. The largest absolute Gasteiger partial charge is 0.455 e. The summed E-state index contributed by atoms with van der Waals surface area (Å²) in [6.07, 6.45) is 2.46. The monoisotopic (exact) mass is 867 g/mol. The number of hydrogen-bond donors (Lipinski definition) is 0. The van der Waals surface area contributed by atoms with Gasteiger partial charge in [-0.1, -0.05) is 72.8 Å². The maximum absolute atomic E-state index is 11.0. The van der Waals surface area contributed by atoms with Crippen LogP contribution in [0.3, 0.4) is 0 Å². The van der Waals surface area contributed by atoms with Gasteiger partial charge in [0.1, 0.15) is 46.1 Å². The minimum Gasteiger partial charge on any atom is -0.455 e. The molecule has 4 heterocycles. The number of carbonyl (C=O) groups excluding carboxylic acids is 1. The second-order valence-corrected chi connectivity index (χ2v) is 15.8. The maximum atomic E-state index is 11.0. The molecule has 0 radical (unpaired) electrons. The van der Waals surface area contributed by atoms with Crippen molar-refractivity contribution in [3.63, 3.8) is 0 Å². The Morgan fingerprint density at radius 2 is 0.938 bits per heavy atom. The summed E-state index contributed by atoms with van der Waals surface area (Å²) in [5.74, 6) is 0. The molecule has 0 bridgehead atoms. The van der Waals surface area contributed by atoms with E-state index in [2.05, 4.69) is 93.5 Å². The van der Waals surface area contributed by atoms with Gasteiger partial charge in [-0.15, -0.1) is 22.7 Å². The smallest absolute Gasteiger partial charge is 0.298 e. The third kappa shape index (κ3) is 9.28. The first kappa shape index (κ1) is 43.4. The van der Waals surface area contributed by atoms with E-state index in [1.165, 1.54) is 22.7 Å². The number of nitriles is 3. The minimum absolute atomic E-state index is 0. The van der Waals surface area contributed by atoms with Crippen LogP contribution in [0.1, 0.15) is 14.5 Å². The zero-order valence-corrected chi connectivity index (χ0v) is 35.9. The van der Waals surface area contributed by atoms with Crippen molar-refractivity contribution in [2.75, 3.05) is 16.3 Å². The van der Waals surface area contributed by atoms with Crippen molar-refractivity contribution in [3.8, 4) is 18.2 Å². The molecule has 0 aliphatic rings. The van der Waals surface area contributed by atoms with E-state index in [1.54, 1.807) is 18.2 Å². The second kappa shape index (κ2) is 20.2. The first-order chi connectivity index (χ1) is 31.0. The van der Waals surface area contributed by atoms with E-state index >= 15 is 0 Å². The predicted octanol–water partition coefficient (Wildman–Crippen LogP) is 15.4. The number of anilines is 6. The summed E-state index contributed by atoms with van der Waals surface area (Å²) in [4.78, 5) is 19.7. The molecule has 0 unspecified atom stereocenters. The Kier molecular flexibility index (Phi) is 13.7. The lowest BCUT2D eigenvalue weighted by Crippen LogP contribution is -2.09. The molecule has 9 nitrogen and oxygen atoms in total. The van der Waals surface area contributed by atoms with Crippen LogP contribution in [0.4, 0.5) is 34.1 Å². The number of benzene rings is 6. The Morgan fingerprint density at radius 3 is 1.28 bits per heavy atom. The number of hydrogen-bond acceptors (Lipinski definition) is 10. The Hall–Kier alpha value is -8.71. The highest BCUT2D eigenvalue weighted by Gasteiger charge is 2.18. The van der Waals surface area contributed by atoms with Crippen molar-refractivity contribution in [2.24, 2.45) is 0 Å². The molecule has 0 atom stereocenters. The summed E-state index contributed by atoms with van der Waals surface area (Å²) in [5, 5.41) is 27.6. The molecule has 0 N–H and O–H groups in total. The fourth-order valence-corrected chi connectivity index (χ4v) is 8.98. The van der Waals surface area contributed by atoms with Crippen molar-refractivity contribution >= 4 is 112 Å². The first-order valence-electron chi connectivity index (χ1n) is 19.4. The van der Waals surface area contributed by atoms with Gasteiger partial charge in [-0.3, -0.25) is 4.79 Å². The molecule has 6 aromatic carbocycles. The van der Waals surface area contributed by atoms with Crippen LogP contribution in [0.25, 0.3) is 53.4 Å². The van der Waals surface area contributed by atoms with E-state index < -0.39 is 0 Å². The summed E-state index contributed by atoms with van der Waals surface area (Å²) in [6.45, 7) is 5.99. The topological polar surface area (TPSA) is 126 Å². The van der Waals surface area contributed by atoms with Gasteiger partial charge in [0.2, 0.25) is 0 Å². The quantitative estimate of drug-likeness (QED) is 0.0639. The van der Waals surface area contributed by atoms with Gasteiger partial charge in [0.25, 0.3) is 6.54 Å². The van der Waals surface area contributed by atoms with E-state index in [0.717, 1.165) is 87.8 Å². The minimum atomic E-state index is -0.0139. The van der Waals surface area contributed by atoms with Crippen molar-refractivity contribution in [2.45, 2.75) is 0 Å². The number of furan rings is 2. The first-order valence-corrected chi connectivity index (χ1v) is 21.0. The van der Waals surface area contributed by atoms with Crippen LogP contribution in [0.15, 0.2) is 184 Å². The van der Waals surface area contributed by atoms with Gasteiger partial charge in [-0.25, -0.2) is 6.57 Å². The molecule has 0 spiro atoms. The molecule has 0 saturated carbocycles. The zero-order chi connectivity index (χ0) is 43.5. The molecule has 0 aliphatic heterocycles. The number of carbonyl (C=O) groups is 1. The second-order valence-electron chi connectivity index (χ2n) is 13.6. The van der Waals surface area contributed by atoms with Crippen molar-refractivity contribution in [1.29, 1.82) is 15.8 Å². The number of allylic oxidation sites excluding steroid dienone is 1. The van der Waals surface area contributed by atoms with E-state index in [9.17, 15) is 4.79 Å². The molecule has 308 valence electrons. The van der Waals surface area contributed by atoms with Crippen LogP contribution in [0.5, 0.6) is 0 Å². The zero-order valence-electron chi connectivity index (χ0n) is 34.3. The molecule has 0 aliphatic carbocycles. The van der Waals surface area contributed by atoms with E-state index in [0.29, 0.717) is 4.88 Å². The third-order valence-electron chi connectivity index (χ3n) is 9.66. The SMILES string of the molecule is N#CC(C#N)=Cc1cc2oc3cc(N(c4ccccc4)c4ccccc4)ccc3c2s1.O=Cc1cc2oc3cc(N(c4ccccc4)c4ccccc4)ccc3c2s1.[C-]#[N+]CC#N.[CH3-]. The van der Waals surface area contributed by atoms with Gasteiger partial charge >= 0.3 is 0 Å². The van der Waals surface area contributed by atoms with Crippen LogP contribution in [0.2, 0.25) is 0 Å². The van der Waals surface area contributed by atoms with Gasteiger partial charge in [0, 0.05) is 68.0 Å². The van der Waals surface area contributed by atoms with Gasteiger partial charge in [-0.2, -0.15) is 15.8 Å². The Morgan fingerprint density at radius 1 is 0.547 bits per heavy atom. The highest BCUT2D eigenvalue weighted by molar-refractivity contribution is 7.21. The number of rotatable bonds is 8. The Bertz CT molecular complexity index is 3290. The fraction of sp³-hybridized carbons (Fsp3) is 0.0189. The molecule has 10 rings (SSSR count). The maximum Gasteiger partial charge on any atom is 0.298 e. The number of thiophene rings is 2. The standard InChI is InChI=1S/C26H15N3OS.C23H15NO2S.C3H2N2.CH3/c27-16-18(17-28)13-22-15-25-26(31-22)23-12-11-21(14-24(23)30-25)29(19-7-3-1-4-8-19)20-9-5-2-6-10-20;25-15-19-14-22-23(27-19)20-12-11-18(13-21(20)26-22)24(16-7-3-1-4-8-16)17-9-5-2-6-10-17;1-5-3-2-4;/h1-15H;1-15H;3H2;1H3/q;;;-1. The molecular formula is C53H35N6O3S2-. The van der Waals surface area contributed by atoms with Crippen molar-refractivity contribution in [1.82, 2.24) is 0 Å². The fourth-order valence-electron chi connectivity index (χ4n) is 6.99. The molecule has 0 saturated heterocycles. The number of nitrogens with zero attached hydrogens (tertiary/aromatic N) is 6. The van der Waals surface area contributed by atoms with Gasteiger partial charge < -0.3 is 30.9 Å². The van der Waals surface area contributed by atoms with Gasteiger partial charge in [0.15, 0.2) is 6.29 Å². The summed E-state index contributed by atoms with van der Waals surface area (Å²) in [6, 6.07) is 62.5. The average molecular weight is 868 g/mol. The lowest BCUT2D eigenvalue weighted by atomic mass is 10.1. The highest BCUT2D eigenvalue weighted by atomic mass is 32.1. The molecule has 64 heavy (non-hydrogen) atoms. The van der Waals surface area contributed by atoms with E-state index in [4.69, 9.17) is 31.2 Å². The molecule has 0 amide bonds. The lowest BCUT2D eigenvalue weighted by molar-refractivity contribution is 0.112. The molecular weight excluding hydrogens is 833 g/mol. The molecule has 11 heteroatoms. The van der Waals surface area contributed by atoms with Crippen LogP contribution in [-0.2, 0) is 0 Å². The van der Waals surface area contributed by atoms with E-state index in [1.807, 2.05) is 97.1 Å². The molecule has 10 aromatic rings. The van der Waals surface area contributed by atoms with E-state index in [-0.39, 0.29) is 19.5 Å². The number of fused-ring (bicyclic) bond motifs is 6. The third-order valence-corrected chi connectivity index (χ3v) is 11.8. The van der Waals surface area contributed by atoms with Crippen molar-refractivity contribution < 1.29 is 13.6 Å². The van der Waals surface area contributed by atoms with Crippen LogP contribution in [0, 0.1) is 48.0 Å². The normalized spacial score (nSPS) is 10.1. The number of para-hydroxylation sites is 4. The average Bonchev–Trinajstić information content (AvgIpc) is 4.10. The highest BCUT2D eigenvalue weighted by Crippen LogP contribution is 2.42. The van der Waals surface area contributed by atoms with Gasteiger partial charge in [0.05, 0.1) is 14.3 Å². The van der Waals surface area contributed by atoms with Crippen LogP contribution in [-0.4, -0.2) is 12.8 Å². The van der Waals surface area contributed by atoms with Crippen LogP contribution < -0.4 is 9.80 Å². The van der Waals surface area contributed by atoms with Gasteiger partial charge in [-0.05, 0) is 84.9 Å². The summed E-state index contributed by atoms with van der Waals surface area (Å²) in [5.41, 5.74) is 9.54. The molecule has 4 aromatic heterocycles. The number of aldehydes is 1. The summed E-state index contributed by atoms with van der Waals surface area (Å²) < 4.78 is 14.2. The summed E-state index contributed by atoms with van der Waals surface area (Å²) in [7, 11) is 0. The Labute approximate surface area is 377 Å². The predicted molar refractivity (Wildman–Crippen MR) is 261 cm³/mol. The lowest BCUT2D eigenvalue weighted by Gasteiger charge is -2.25. The van der Waals surface area contributed by atoms with Crippen molar-refractivity contribution in [3.05, 3.63) is 204 Å².